The number of fused-ring (bicyclic) bond motifs is 1. The normalized spacial score (nSPS) is 38.2. The van der Waals surface area contributed by atoms with Crippen LogP contribution in [0.25, 0.3) is 0 Å². The molecular weight excluding hydrogens is 244 g/mol. The van der Waals surface area contributed by atoms with E-state index in [0.29, 0.717) is 11.5 Å². The second kappa shape index (κ2) is 7.79. The van der Waals surface area contributed by atoms with Gasteiger partial charge in [-0.25, -0.2) is 0 Å². The first-order valence-corrected chi connectivity index (χ1v) is 9.12. The zero-order valence-corrected chi connectivity index (χ0v) is 14.0. The molecule has 4 unspecified atom stereocenters. The molecule has 0 spiro atoms. The lowest BCUT2D eigenvalue weighted by Crippen LogP contribution is -2.59. The van der Waals surface area contributed by atoms with Crippen molar-refractivity contribution in [2.75, 3.05) is 6.54 Å². The number of hydrogen-bond acceptors (Lipinski definition) is 2. The largest absolute Gasteiger partial charge is 0.311 e. The number of hydrogen-bond donors (Lipinski definition) is 2. The van der Waals surface area contributed by atoms with Crippen molar-refractivity contribution in [1.82, 2.24) is 10.6 Å². The minimum atomic E-state index is 0.607. The maximum absolute atomic E-state index is 3.82. The molecule has 118 valence electrons. The van der Waals surface area contributed by atoms with Crippen LogP contribution in [0.4, 0.5) is 0 Å². The minimum absolute atomic E-state index is 0.607. The molecule has 0 radical (unpaired) electrons. The summed E-state index contributed by atoms with van der Waals surface area (Å²) < 4.78 is 0. The highest BCUT2D eigenvalue weighted by molar-refractivity contribution is 4.95. The van der Waals surface area contributed by atoms with Crippen molar-refractivity contribution in [2.24, 2.45) is 5.41 Å². The van der Waals surface area contributed by atoms with Crippen LogP contribution in [-0.2, 0) is 0 Å². The molecule has 4 atom stereocenters. The molecule has 0 aromatic heterocycles. The maximum Gasteiger partial charge on any atom is 0.0224 e. The third kappa shape index (κ3) is 4.73. The Kier molecular flexibility index (Phi) is 6.35. The molecule has 2 heteroatoms. The average molecular weight is 281 g/mol. The zero-order valence-electron chi connectivity index (χ0n) is 14.0. The van der Waals surface area contributed by atoms with E-state index >= 15 is 0 Å². The first-order chi connectivity index (χ1) is 9.63. The van der Waals surface area contributed by atoms with Gasteiger partial charge in [-0.3, -0.25) is 0 Å². The van der Waals surface area contributed by atoms with Gasteiger partial charge < -0.3 is 10.6 Å². The highest BCUT2D eigenvalue weighted by Gasteiger charge is 2.35. The standard InChI is InChI=1S/C18H36N2/c1-4-5-6-7-8-11-18(3)12-9-16-17(10-13-18)20-15(2)14-19-16/h15-17,19-20H,4-14H2,1-3H3. The molecule has 0 bridgehead atoms. The topological polar surface area (TPSA) is 24.1 Å². The van der Waals surface area contributed by atoms with E-state index in [1.54, 1.807) is 0 Å². The van der Waals surface area contributed by atoms with Gasteiger partial charge in [-0.15, -0.1) is 0 Å². The molecule has 0 aromatic carbocycles. The molecule has 1 heterocycles. The summed E-state index contributed by atoms with van der Waals surface area (Å²) in [5, 5.41) is 7.59. The summed E-state index contributed by atoms with van der Waals surface area (Å²) in [5.41, 5.74) is 0.607. The fourth-order valence-corrected chi connectivity index (χ4v) is 4.14. The Morgan fingerprint density at radius 1 is 1.00 bits per heavy atom. The Balaban J connectivity index is 1.75. The molecule has 2 fully saturated rings. The van der Waals surface area contributed by atoms with Gasteiger partial charge in [0, 0.05) is 24.7 Å². The molecule has 0 aromatic rings. The average Bonchev–Trinajstić information content (AvgIpc) is 2.59. The van der Waals surface area contributed by atoms with Crippen molar-refractivity contribution in [3.63, 3.8) is 0 Å². The second-order valence-corrected chi connectivity index (χ2v) is 7.74. The molecule has 1 aliphatic heterocycles. The van der Waals surface area contributed by atoms with Gasteiger partial charge in [0.25, 0.3) is 0 Å². The molecule has 1 saturated carbocycles. The van der Waals surface area contributed by atoms with E-state index in [0.717, 1.165) is 18.6 Å². The molecule has 2 nitrogen and oxygen atoms in total. The van der Waals surface area contributed by atoms with Gasteiger partial charge in [-0.1, -0.05) is 46.0 Å². The van der Waals surface area contributed by atoms with Crippen LogP contribution in [0.15, 0.2) is 0 Å². The quantitative estimate of drug-likeness (QED) is 0.711. The highest BCUT2D eigenvalue weighted by Crippen LogP contribution is 2.39. The lowest BCUT2D eigenvalue weighted by atomic mass is 9.78. The van der Waals surface area contributed by atoms with E-state index < -0.39 is 0 Å². The lowest BCUT2D eigenvalue weighted by molar-refractivity contribution is 0.241. The number of rotatable bonds is 6. The lowest BCUT2D eigenvalue weighted by Gasteiger charge is -2.36. The van der Waals surface area contributed by atoms with E-state index in [1.165, 1.54) is 64.2 Å². The summed E-state index contributed by atoms with van der Waals surface area (Å²) in [4.78, 5) is 0. The molecule has 1 saturated heterocycles. The van der Waals surface area contributed by atoms with E-state index in [4.69, 9.17) is 0 Å². The van der Waals surface area contributed by atoms with Gasteiger partial charge in [-0.2, -0.15) is 0 Å². The van der Waals surface area contributed by atoms with E-state index in [1.807, 2.05) is 0 Å². The SMILES string of the molecule is CCCCCCCC1(C)CCC2NCC(C)NC2CC1. The predicted octanol–water partition coefficient (Wildman–Crippen LogP) is 4.25. The van der Waals surface area contributed by atoms with Gasteiger partial charge in [0.05, 0.1) is 0 Å². The van der Waals surface area contributed by atoms with E-state index in [9.17, 15) is 0 Å². The number of unbranched alkanes of at least 4 members (excludes halogenated alkanes) is 4. The van der Waals surface area contributed by atoms with Crippen LogP contribution in [0.1, 0.15) is 85.0 Å². The predicted molar refractivity (Wildman–Crippen MR) is 88.1 cm³/mol. The summed E-state index contributed by atoms with van der Waals surface area (Å²) in [7, 11) is 0. The number of nitrogens with one attached hydrogen (secondary N) is 2. The summed E-state index contributed by atoms with van der Waals surface area (Å²) in [5.74, 6) is 0. The summed E-state index contributed by atoms with van der Waals surface area (Å²) >= 11 is 0. The Morgan fingerprint density at radius 3 is 2.45 bits per heavy atom. The molecule has 0 amide bonds. The smallest absolute Gasteiger partial charge is 0.0224 e. The molecule has 20 heavy (non-hydrogen) atoms. The van der Waals surface area contributed by atoms with Crippen molar-refractivity contribution < 1.29 is 0 Å². The highest BCUT2D eigenvalue weighted by atomic mass is 15.1. The van der Waals surface area contributed by atoms with Crippen molar-refractivity contribution in [3.8, 4) is 0 Å². The molecule has 2 aliphatic rings. The van der Waals surface area contributed by atoms with Crippen molar-refractivity contribution in [3.05, 3.63) is 0 Å². The van der Waals surface area contributed by atoms with E-state index in [2.05, 4.69) is 31.4 Å². The third-order valence-corrected chi connectivity index (χ3v) is 5.67. The fraction of sp³-hybridized carbons (Fsp3) is 1.00. The Bertz CT molecular complexity index is 279. The van der Waals surface area contributed by atoms with Crippen LogP contribution >= 0.6 is 0 Å². The van der Waals surface area contributed by atoms with Crippen molar-refractivity contribution in [1.29, 1.82) is 0 Å². The van der Waals surface area contributed by atoms with Gasteiger partial charge in [0.1, 0.15) is 0 Å². The minimum Gasteiger partial charge on any atom is -0.311 e. The fourth-order valence-electron chi connectivity index (χ4n) is 4.14. The molecule has 2 N–H and O–H groups in total. The van der Waals surface area contributed by atoms with Crippen molar-refractivity contribution in [2.45, 2.75) is 103 Å². The first kappa shape index (κ1) is 16.3. The molecular formula is C18H36N2. The van der Waals surface area contributed by atoms with Crippen LogP contribution in [-0.4, -0.2) is 24.7 Å². The Morgan fingerprint density at radius 2 is 1.70 bits per heavy atom. The van der Waals surface area contributed by atoms with Crippen LogP contribution < -0.4 is 10.6 Å². The van der Waals surface area contributed by atoms with Gasteiger partial charge in [0.15, 0.2) is 0 Å². The zero-order chi connectivity index (χ0) is 14.4. The molecule has 2 rings (SSSR count). The van der Waals surface area contributed by atoms with Gasteiger partial charge in [0.2, 0.25) is 0 Å². The van der Waals surface area contributed by atoms with Crippen LogP contribution in [0, 0.1) is 5.41 Å². The van der Waals surface area contributed by atoms with Crippen LogP contribution in [0.3, 0.4) is 0 Å². The van der Waals surface area contributed by atoms with Crippen LogP contribution in [0.2, 0.25) is 0 Å². The third-order valence-electron chi connectivity index (χ3n) is 5.67. The summed E-state index contributed by atoms with van der Waals surface area (Å²) in [6, 6.07) is 2.10. The van der Waals surface area contributed by atoms with Gasteiger partial charge >= 0.3 is 0 Å². The summed E-state index contributed by atoms with van der Waals surface area (Å²) in [6.07, 6.45) is 14.2. The molecule has 1 aliphatic carbocycles. The Hall–Kier alpha value is -0.0800. The maximum atomic E-state index is 3.82. The first-order valence-electron chi connectivity index (χ1n) is 9.12. The second-order valence-electron chi connectivity index (χ2n) is 7.74. The monoisotopic (exact) mass is 280 g/mol. The van der Waals surface area contributed by atoms with Crippen molar-refractivity contribution >= 4 is 0 Å². The summed E-state index contributed by atoms with van der Waals surface area (Å²) in [6.45, 7) is 8.30. The van der Waals surface area contributed by atoms with Gasteiger partial charge in [-0.05, 0) is 44.4 Å². The van der Waals surface area contributed by atoms with Crippen LogP contribution in [0.5, 0.6) is 0 Å². The Labute approximate surface area is 126 Å². The van der Waals surface area contributed by atoms with E-state index in [-0.39, 0.29) is 0 Å². The number of piperazine rings is 1.